The summed E-state index contributed by atoms with van der Waals surface area (Å²) >= 11 is 0. The summed E-state index contributed by atoms with van der Waals surface area (Å²) in [7, 11) is 0. The van der Waals surface area contributed by atoms with Crippen LogP contribution in [-0.4, -0.2) is 0 Å². The zero-order valence-corrected chi connectivity index (χ0v) is 16.0. The highest BCUT2D eigenvalue weighted by molar-refractivity contribution is 4.90. The van der Waals surface area contributed by atoms with E-state index in [0.717, 1.165) is 17.8 Å². The van der Waals surface area contributed by atoms with Gasteiger partial charge >= 0.3 is 0 Å². The molecule has 0 spiro atoms. The van der Waals surface area contributed by atoms with Gasteiger partial charge in [0.05, 0.1) is 6.07 Å². The first-order valence-electron chi connectivity index (χ1n) is 10.9. The van der Waals surface area contributed by atoms with Crippen molar-refractivity contribution in [3.05, 3.63) is 12.2 Å². The Morgan fingerprint density at radius 2 is 1.42 bits per heavy atom. The molecular formula is C23H39N. The summed E-state index contributed by atoms with van der Waals surface area (Å²) in [5, 5.41) is 9.04. The minimum absolute atomic E-state index is 0.367. The predicted octanol–water partition coefficient (Wildman–Crippen LogP) is 7.43. The van der Waals surface area contributed by atoms with Crippen LogP contribution in [-0.2, 0) is 0 Å². The van der Waals surface area contributed by atoms with Gasteiger partial charge in [0.1, 0.15) is 0 Å². The molecule has 2 saturated carbocycles. The monoisotopic (exact) mass is 329 g/mol. The average molecular weight is 330 g/mol. The fraction of sp³-hybridized carbons (Fsp3) is 0.870. The molecule has 0 bridgehead atoms. The third-order valence-electron chi connectivity index (χ3n) is 6.65. The highest BCUT2D eigenvalue weighted by Crippen LogP contribution is 2.42. The molecule has 0 aromatic rings. The van der Waals surface area contributed by atoms with E-state index in [2.05, 4.69) is 25.1 Å². The molecule has 0 heterocycles. The molecule has 136 valence electrons. The maximum Gasteiger partial charge on any atom is 0.0655 e. The molecule has 1 nitrogen and oxygen atoms in total. The molecule has 0 saturated heterocycles. The van der Waals surface area contributed by atoms with Gasteiger partial charge in [-0.05, 0) is 82.0 Å². The number of hydrogen-bond acceptors (Lipinski definition) is 1. The van der Waals surface area contributed by atoms with Crippen molar-refractivity contribution >= 4 is 0 Å². The Kier molecular flexibility index (Phi) is 9.55. The molecule has 0 N–H and O–H groups in total. The van der Waals surface area contributed by atoms with Crippen molar-refractivity contribution in [2.75, 3.05) is 0 Å². The first-order valence-corrected chi connectivity index (χ1v) is 10.9. The molecule has 0 atom stereocenters. The van der Waals surface area contributed by atoms with E-state index in [1.54, 1.807) is 0 Å². The van der Waals surface area contributed by atoms with Crippen LogP contribution in [0.3, 0.4) is 0 Å². The Bertz CT molecular complexity index is 375. The van der Waals surface area contributed by atoms with E-state index in [9.17, 15) is 0 Å². The summed E-state index contributed by atoms with van der Waals surface area (Å²) in [6.07, 6.45) is 25.3. The quantitative estimate of drug-likeness (QED) is 0.319. The lowest BCUT2D eigenvalue weighted by Gasteiger charge is -2.36. The predicted molar refractivity (Wildman–Crippen MR) is 104 cm³/mol. The van der Waals surface area contributed by atoms with Gasteiger partial charge in [-0.25, -0.2) is 0 Å². The molecule has 2 aliphatic carbocycles. The van der Waals surface area contributed by atoms with E-state index in [1.165, 1.54) is 96.3 Å². The SMILES string of the molecule is CCCCCC/C=C/CCC1CCC(C2CCC(C#N)CC2)CC1. The molecular weight excluding hydrogens is 290 g/mol. The summed E-state index contributed by atoms with van der Waals surface area (Å²) in [6, 6.07) is 2.48. The lowest BCUT2D eigenvalue weighted by molar-refractivity contribution is 0.154. The van der Waals surface area contributed by atoms with Crippen LogP contribution in [0.2, 0.25) is 0 Å². The van der Waals surface area contributed by atoms with Crippen molar-refractivity contribution in [3.8, 4) is 6.07 Å². The van der Waals surface area contributed by atoms with Crippen LogP contribution in [0.4, 0.5) is 0 Å². The number of nitriles is 1. The number of unbranched alkanes of at least 4 members (excludes halogenated alkanes) is 4. The Hall–Kier alpha value is -0.770. The summed E-state index contributed by atoms with van der Waals surface area (Å²) in [5.41, 5.74) is 0. The normalized spacial score (nSPS) is 31.2. The summed E-state index contributed by atoms with van der Waals surface area (Å²) in [6.45, 7) is 2.28. The van der Waals surface area contributed by atoms with Gasteiger partial charge in [0.2, 0.25) is 0 Å². The largest absolute Gasteiger partial charge is 0.198 e. The van der Waals surface area contributed by atoms with Gasteiger partial charge in [0.15, 0.2) is 0 Å². The number of rotatable bonds is 9. The second-order valence-corrected chi connectivity index (χ2v) is 8.42. The van der Waals surface area contributed by atoms with Crippen LogP contribution in [0, 0.1) is 35.0 Å². The van der Waals surface area contributed by atoms with E-state index in [4.69, 9.17) is 5.26 Å². The maximum absolute atomic E-state index is 9.04. The Morgan fingerprint density at radius 3 is 2.04 bits per heavy atom. The maximum atomic E-state index is 9.04. The Morgan fingerprint density at radius 1 is 0.792 bits per heavy atom. The highest BCUT2D eigenvalue weighted by Gasteiger charge is 2.30. The van der Waals surface area contributed by atoms with E-state index in [0.29, 0.717) is 5.92 Å². The van der Waals surface area contributed by atoms with Gasteiger partial charge in [-0.15, -0.1) is 0 Å². The minimum Gasteiger partial charge on any atom is -0.198 e. The zero-order chi connectivity index (χ0) is 17.0. The third kappa shape index (κ3) is 7.00. The standard InChI is InChI=1S/C23H39N/c1-2-3-4-5-6-7-8-9-10-20-11-15-22(16-12-20)23-17-13-21(19-24)14-18-23/h7-8,20-23H,2-6,9-18H2,1H3/b8-7+. The van der Waals surface area contributed by atoms with Gasteiger partial charge in [-0.3, -0.25) is 0 Å². The fourth-order valence-electron chi connectivity index (χ4n) is 4.92. The lowest BCUT2D eigenvalue weighted by Crippen LogP contribution is -2.25. The van der Waals surface area contributed by atoms with Gasteiger partial charge < -0.3 is 0 Å². The lowest BCUT2D eigenvalue weighted by atomic mass is 9.69. The third-order valence-corrected chi connectivity index (χ3v) is 6.65. The summed E-state index contributed by atoms with van der Waals surface area (Å²) in [5.74, 6) is 3.28. The molecule has 2 fully saturated rings. The molecule has 0 aromatic heterocycles. The second kappa shape index (κ2) is 11.7. The second-order valence-electron chi connectivity index (χ2n) is 8.42. The molecule has 0 unspecified atom stereocenters. The molecule has 0 amide bonds. The molecule has 2 aliphatic rings. The topological polar surface area (TPSA) is 23.8 Å². The fourth-order valence-corrected chi connectivity index (χ4v) is 4.92. The highest BCUT2D eigenvalue weighted by atomic mass is 14.4. The van der Waals surface area contributed by atoms with Crippen LogP contribution in [0.5, 0.6) is 0 Å². The van der Waals surface area contributed by atoms with Crippen molar-refractivity contribution in [1.29, 1.82) is 5.26 Å². The molecule has 0 aromatic carbocycles. The van der Waals surface area contributed by atoms with Crippen LogP contribution in [0.25, 0.3) is 0 Å². The van der Waals surface area contributed by atoms with Gasteiger partial charge in [-0.2, -0.15) is 5.26 Å². The van der Waals surface area contributed by atoms with Crippen molar-refractivity contribution in [2.45, 2.75) is 103 Å². The van der Waals surface area contributed by atoms with E-state index >= 15 is 0 Å². The average Bonchev–Trinajstić information content (AvgIpc) is 2.64. The van der Waals surface area contributed by atoms with Gasteiger partial charge in [-0.1, -0.05) is 51.2 Å². The molecule has 0 aliphatic heterocycles. The van der Waals surface area contributed by atoms with Crippen LogP contribution >= 0.6 is 0 Å². The molecule has 1 heteroatoms. The minimum atomic E-state index is 0.367. The van der Waals surface area contributed by atoms with Gasteiger partial charge in [0, 0.05) is 5.92 Å². The van der Waals surface area contributed by atoms with E-state index in [1.807, 2.05) is 0 Å². The van der Waals surface area contributed by atoms with E-state index < -0.39 is 0 Å². The van der Waals surface area contributed by atoms with Crippen molar-refractivity contribution in [1.82, 2.24) is 0 Å². The van der Waals surface area contributed by atoms with Crippen LogP contribution in [0.1, 0.15) is 103 Å². The zero-order valence-electron chi connectivity index (χ0n) is 16.0. The van der Waals surface area contributed by atoms with E-state index in [-0.39, 0.29) is 0 Å². The number of allylic oxidation sites excluding steroid dienone is 2. The van der Waals surface area contributed by atoms with Crippen molar-refractivity contribution in [3.63, 3.8) is 0 Å². The Balaban J connectivity index is 1.52. The molecule has 0 radical (unpaired) electrons. The van der Waals surface area contributed by atoms with Crippen molar-refractivity contribution in [2.24, 2.45) is 23.7 Å². The van der Waals surface area contributed by atoms with Gasteiger partial charge in [0.25, 0.3) is 0 Å². The number of nitrogens with zero attached hydrogens (tertiary/aromatic N) is 1. The summed E-state index contributed by atoms with van der Waals surface area (Å²) < 4.78 is 0. The smallest absolute Gasteiger partial charge is 0.0655 e. The first kappa shape index (κ1) is 19.6. The first-order chi connectivity index (χ1) is 11.8. The molecule has 2 rings (SSSR count). The van der Waals surface area contributed by atoms with Crippen molar-refractivity contribution < 1.29 is 0 Å². The number of hydrogen-bond donors (Lipinski definition) is 0. The Labute approximate surface area is 150 Å². The van der Waals surface area contributed by atoms with Crippen LogP contribution < -0.4 is 0 Å². The summed E-state index contributed by atoms with van der Waals surface area (Å²) in [4.78, 5) is 0. The van der Waals surface area contributed by atoms with Crippen LogP contribution in [0.15, 0.2) is 12.2 Å². The molecule has 24 heavy (non-hydrogen) atoms.